The van der Waals surface area contributed by atoms with Crippen LogP contribution in [-0.4, -0.2) is 74.8 Å². The second-order valence-corrected chi connectivity index (χ2v) is 8.34. The number of ether oxygens (including phenoxy) is 3. The van der Waals surface area contributed by atoms with Crippen molar-refractivity contribution in [1.29, 1.82) is 0 Å². The molecule has 1 fully saturated rings. The number of β-amino-alcohol motifs (C(OH)–C–C–N with tert-alkyl or cyclic N) is 1. The summed E-state index contributed by atoms with van der Waals surface area (Å²) in [7, 11) is 0. The first kappa shape index (κ1) is 26.8. The van der Waals surface area contributed by atoms with Gasteiger partial charge in [0.25, 0.3) is 0 Å². The Kier molecular flexibility index (Phi) is 10.7. The lowest BCUT2D eigenvalue weighted by atomic mass is 10.1. The van der Waals surface area contributed by atoms with Gasteiger partial charge >= 0.3 is 0 Å². The Hall–Kier alpha value is -1.41. The summed E-state index contributed by atoms with van der Waals surface area (Å²) in [5.41, 5.74) is 2.43. The second-order valence-electron chi connectivity index (χ2n) is 7.91. The third-order valence-electron chi connectivity index (χ3n) is 5.53. The maximum atomic E-state index is 10.4. The van der Waals surface area contributed by atoms with Gasteiger partial charge in [-0.25, -0.2) is 0 Å². The third-order valence-corrected chi connectivity index (χ3v) is 5.77. The number of aliphatic hydroxyl groups excluding tert-OH is 1. The average Bonchev–Trinajstić information content (AvgIpc) is 2.76. The molecule has 2 aromatic rings. The van der Waals surface area contributed by atoms with Crippen LogP contribution >= 0.6 is 36.4 Å². The summed E-state index contributed by atoms with van der Waals surface area (Å²) in [6.07, 6.45) is -0.683. The highest BCUT2D eigenvalue weighted by Crippen LogP contribution is 2.31. The fourth-order valence-electron chi connectivity index (χ4n) is 3.93. The Morgan fingerprint density at radius 2 is 1.81 bits per heavy atom. The first-order valence-electron chi connectivity index (χ1n) is 10.5. The number of piperazine rings is 1. The van der Waals surface area contributed by atoms with Crippen LogP contribution in [0.25, 0.3) is 0 Å². The quantitative estimate of drug-likeness (QED) is 0.617. The van der Waals surface area contributed by atoms with Crippen molar-refractivity contribution >= 4 is 42.1 Å². The van der Waals surface area contributed by atoms with E-state index in [-0.39, 0.29) is 37.5 Å². The number of rotatable bonds is 7. The van der Waals surface area contributed by atoms with Gasteiger partial charge in [0, 0.05) is 43.4 Å². The molecule has 1 saturated heterocycles. The predicted molar refractivity (Wildman–Crippen MR) is 133 cm³/mol. The van der Waals surface area contributed by atoms with E-state index < -0.39 is 6.10 Å². The predicted octanol–water partition coefficient (Wildman–Crippen LogP) is 3.83. The summed E-state index contributed by atoms with van der Waals surface area (Å²) in [6.45, 7) is 7.49. The topological polar surface area (TPSA) is 54.4 Å². The fourth-order valence-corrected chi connectivity index (χ4v) is 4.09. The normalized spacial score (nSPS) is 19.0. The molecule has 1 N–H and O–H groups in total. The molecule has 2 heterocycles. The number of hydrogen-bond acceptors (Lipinski definition) is 6. The highest BCUT2D eigenvalue weighted by molar-refractivity contribution is 6.30. The van der Waals surface area contributed by atoms with Crippen molar-refractivity contribution in [1.82, 2.24) is 4.90 Å². The molecule has 2 aliphatic heterocycles. The number of halogens is 3. The van der Waals surface area contributed by atoms with Gasteiger partial charge in [-0.15, -0.1) is 24.8 Å². The SMILES string of the molecule is Cc1ccc(Cl)cc1N1CCN(CC(O)COCC2COc3ccccc3O2)CC1.Cl.Cl. The monoisotopic (exact) mass is 504 g/mol. The summed E-state index contributed by atoms with van der Waals surface area (Å²) in [5, 5.41) is 11.1. The molecule has 0 spiro atoms. The van der Waals surface area contributed by atoms with Crippen LogP contribution in [0.5, 0.6) is 11.5 Å². The Balaban J connectivity index is 0.00000181. The van der Waals surface area contributed by atoms with E-state index in [0.29, 0.717) is 19.8 Å². The number of nitrogens with zero attached hydrogens (tertiary/aromatic N) is 2. The van der Waals surface area contributed by atoms with Crippen molar-refractivity contribution in [3.8, 4) is 11.5 Å². The van der Waals surface area contributed by atoms with Crippen molar-refractivity contribution in [3.05, 3.63) is 53.1 Å². The van der Waals surface area contributed by atoms with Crippen LogP contribution in [0.4, 0.5) is 5.69 Å². The Labute approximate surface area is 207 Å². The number of benzene rings is 2. The lowest BCUT2D eigenvalue weighted by Crippen LogP contribution is -2.49. The van der Waals surface area contributed by atoms with Crippen LogP contribution in [-0.2, 0) is 4.74 Å². The number of para-hydroxylation sites is 2. The van der Waals surface area contributed by atoms with E-state index in [9.17, 15) is 5.11 Å². The molecule has 2 aliphatic rings. The first-order valence-corrected chi connectivity index (χ1v) is 10.8. The molecule has 0 saturated carbocycles. The van der Waals surface area contributed by atoms with E-state index in [0.717, 1.165) is 42.7 Å². The highest BCUT2D eigenvalue weighted by Gasteiger charge is 2.23. The molecule has 32 heavy (non-hydrogen) atoms. The molecule has 2 atom stereocenters. The van der Waals surface area contributed by atoms with E-state index in [1.54, 1.807) is 0 Å². The molecule has 6 nitrogen and oxygen atoms in total. The van der Waals surface area contributed by atoms with Crippen molar-refractivity contribution in [2.75, 3.05) is 57.4 Å². The molecular weight excluding hydrogens is 475 g/mol. The van der Waals surface area contributed by atoms with Crippen molar-refractivity contribution in [2.24, 2.45) is 0 Å². The standard InChI is InChI=1S/C23H29ClN2O4.2ClH/c1-17-6-7-18(24)12-21(17)26-10-8-25(9-11-26)13-19(27)14-28-15-20-16-29-22-4-2-3-5-23(22)30-20;;/h2-7,12,19-20,27H,8-11,13-16H2,1H3;2*1H. The molecule has 0 amide bonds. The van der Waals surface area contributed by atoms with E-state index >= 15 is 0 Å². The van der Waals surface area contributed by atoms with Gasteiger partial charge in [-0.3, -0.25) is 4.90 Å². The van der Waals surface area contributed by atoms with E-state index in [1.807, 2.05) is 36.4 Å². The minimum atomic E-state index is -0.527. The van der Waals surface area contributed by atoms with E-state index in [1.165, 1.54) is 11.3 Å². The van der Waals surface area contributed by atoms with Gasteiger partial charge in [-0.2, -0.15) is 0 Å². The summed E-state index contributed by atoms with van der Waals surface area (Å²) in [4.78, 5) is 4.64. The van der Waals surface area contributed by atoms with Crippen molar-refractivity contribution in [2.45, 2.75) is 19.1 Å². The maximum absolute atomic E-state index is 10.4. The average molecular weight is 506 g/mol. The number of hydrogen-bond donors (Lipinski definition) is 1. The smallest absolute Gasteiger partial charge is 0.161 e. The van der Waals surface area contributed by atoms with E-state index in [4.69, 9.17) is 25.8 Å². The Morgan fingerprint density at radius 1 is 1.09 bits per heavy atom. The largest absolute Gasteiger partial charge is 0.486 e. The molecule has 0 bridgehead atoms. The van der Waals surface area contributed by atoms with Gasteiger partial charge in [0.1, 0.15) is 6.61 Å². The zero-order valence-corrected chi connectivity index (χ0v) is 20.5. The van der Waals surface area contributed by atoms with E-state index in [2.05, 4.69) is 22.8 Å². The molecule has 4 rings (SSSR count). The second kappa shape index (κ2) is 12.7. The zero-order valence-electron chi connectivity index (χ0n) is 18.1. The molecule has 2 unspecified atom stereocenters. The minimum absolute atomic E-state index is 0. The van der Waals surface area contributed by atoms with Crippen molar-refractivity contribution < 1.29 is 19.3 Å². The van der Waals surface area contributed by atoms with Gasteiger partial charge in [0.2, 0.25) is 0 Å². The van der Waals surface area contributed by atoms with Gasteiger partial charge in [0.15, 0.2) is 17.6 Å². The maximum Gasteiger partial charge on any atom is 0.161 e. The molecule has 0 radical (unpaired) electrons. The lowest BCUT2D eigenvalue weighted by molar-refractivity contribution is -0.0292. The highest BCUT2D eigenvalue weighted by atomic mass is 35.5. The first-order chi connectivity index (χ1) is 14.6. The van der Waals surface area contributed by atoms with Crippen LogP contribution in [0.3, 0.4) is 0 Å². The Bertz CT molecular complexity index is 850. The van der Waals surface area contributed by atoms with Crippen LogP contribution < -0.4 is 14.4 Å². The molecule has 0 aliphatic carbocycles. The van der Waals surface area contributed by atoms with Gasteiger partial charge in [-0.1, -0.05) is 29.8 Å². The summed E-state index contributed by atoms with van der Waals surface area (Å²) in [5.74, 6) is 1.51. The number of fused-ring (bicyclic) bond motifs is 1. The molecular formula is C23H31Cl3N2O4. The number of anilines is 1. The minimum Gasteiger partial charge on any atom is -0.486 e. The van der Waals surface area contributed by atoms with Gasteiger partial charge < -0.3 is 24.2 Å². The summed E-state index contributed by atoms with van der Waals surface area (Å²) in [6, 6.07) is 13.6. The molecule has 178 valence electrons. The van der Waals surface area contributed by atoms with Gasteiger partial charge in [0.05, 0.1) is 19.3 Å². The lowest BCUT2D eigenvalue weighted by Gasteiger charge is -2.37. The number of aryl methyl sites for hydroxylation is 1. The fraction of sp³-hybridized carbons (Fsp3) is 0.478. The molecule has 9 heteroatoms. The zero-order chi connectivity index (χ0) is 20.9. The summed E-state index contributed by atoms with van der Waals surface area (Å²) < 4.78 is 17.3. The van der Waals surface area contributed by atoms with Crippen LogP contribution in [0.15, 0.2) is 42.5 Å². The Morgan fingerprint density at radius 3 is 2.56 bits per heavy atom. The molecule has 0 aromatic heterocycles. The summed E-state index contributed by atoms with van der Waals surface area (Å²) >= 11 is 6.16. The van der Waals surface area contributed by atoms with Crippen LogP contribution in [0.1, 0.15) is 5.56 Å². The van der Waals surface area contributed by atoms with Crippen LogP contribution in [0.2, 0.25) is 5.02 Å². The molecule has 2 aromatic carbocycles. The number of aliphatic hydroxyl groups is 1. The van der Waals surface area contributed by atoms with Gasteiger partial charge in [-0.05, 0) is 36.8 Å². The third kappa shape index (κ3) is 7.04. The van der Waals surface area contributed by atoms with Crippen molar-refractivity contribution in [3.63, 3.8) is 0 Å². The van der Waals surface area contributed by atoms with Crippen LogP contribution in [0, 0.1) is 6.92 Å².